The average molecular weight is 511 g/mol. The molecule has 0 aliphatic heterocycles. The molecule has 0 bridgehead atoms. The van der Waals surface area contributed by atoms with Gasteiger partial charge < -0.3 is 21.1 Å². The van der Waals surface area contributed by atoms with Crippen LogP contribution in [0.3, 0.4) is 0 Å². The molecule has 2 aromatic carbocycles. The van der Waals surface area contributed by atoms with E-state index < -0.39 is 12.6 Å². The topological polar surface area (TPSA) is 104 Å². The number of benzene rings is 2. The number of imidazole rings is 1. The fourth-order valence-electron chi connectivity index (χ4n) is 3.98. The Kier molecular flexibility index (Phi) is 6.36. The number of phenols is 1. The van der Waals surface area contributed by atoms with Crippen LogP contribution >= 0.6 is 0 Å². The minimum absolute atomic E-state index is 0.00230. The molecule has 0 unspecified atom stereocenters. The fraction of sp³-hybridized carbons (Fsp3) is 0.269. The van der Waals surface area contributed by atoms with Crippen LogP contribution in [-0.2, 0) is 0 Å². The smallest absolute Gasteiger partial charge is 0.390 e. The van der Waals surface area contributed by atoms with Crippen LogP contribution in [0.15, 0.2) is 54.7 Å². The predicted molar refractivity (Wildman–Crippen MR) is 134 cm³/mol. The lowest BCUT2D eigenvalue weighted by Crippen LogP contribution is -2.26. The first-order valence-corrected chi connectivity index (χ1v) is 11.8. The number of hydrogen-bond acceptors (Lipinski definition) is 6. The minimum atomic E-state index is -4.31. The van der Waals surface area contributed by atoms with Gasteiger partial charge in [0, 0.05) is 29.8 Å². The van der Waals surface area contributed by atoms with Gasteiger partial charge in [-0.15, -0.1) is 5.10 Å². The molecular formula is C26H25F3N6O2. The molecule has 2 heterocycles. The molecule has 0 radical (unpaired) electrons. The summed E-state index contributed by atoms with van der Waals surface area (Å²) in [5.74, 6) is 0.172. The van der Waals surface area contributed by atoms with E-state index in [1.54, 1.807) is 42.6 Å². The first-order chi connectivity index (χ1) is 17.7. The summed E-state index contributed by atoms with van der Waals surface area (Å²) in [6.07, 6.45) is -1.75. The summed E-state index contributed by atoms with van der Waals surface area (Å²) >= 11 is 0. The summed E-state index contributed by atoms with van der Waals surface area (Å²) in [7, 11) is 0. The van der Waals surface area contributed by atoms with E-state index in [2.05, 4.69) is 26.0 Å². The van der Waals surface area contributed by atoms with E-state index in [0.717, 1.165) is 24.0 Å². The molecule has 1 amide bonds. The number of phenolic OH excluding ortho intramolecular Hbond substituents is 1. The molecule has 1 aliphatic rings. The first-order valence-electron chi connectivity index (χ1n) is 11.8. The third-order valence-corrected chi connectivity index (χ3v) is 6.04. The predicted octanol–water partition coefficient (Wildman–Crippen LogP) is 5.41. The highest BCUT2D eigenvalue weighted by molar-refractivity contribution is 5.96. The van der Waals surface area contributed by atoms with Gasteiger partial charge in [-0.1, -0.05) is 18.2 Å². The van der Waals surface area contributed by atoms with E-state index >= 15 is 0 Å². The van der Waals surface area contributed by atoms with Crippen molar-refractivity contribution in [1.82, 2.24) is 19.9 Å². The van der Waals surface area contributed by atoms with Gasteiger partial charge in [0.05, 0.1) is 29.7 Å². The van der Waals surface area contributed by atoms with Crippen LogP contribution in [0, 0.1) is 6.92 Å². The Bertz CT molecular complexity index is 1460. The zero-order valence-electron chi connectivity index (χ0n) is 19.9. The molecule has 1 saturated carbocycles. The van der Waals surface area contributed by atoms with Gasteiger partial charge in [-0.3, -0.25) is 4.79 Å². The molecule has 0 atom stereocenters. The quantitative estimate of drug-likeness (QED) is 0.236. The number of rotatable bonds is 8. The number of halogens is 3. The number of para-hydroxylation sites is 2. The van der Waals surface area contributed by atoms with E-state index in [9.17, 15) is 23.1 Å². The summed E-state index contributed by atoms with van der Waals surface area (Å²) in [5, 5.41) is 23.6. The highest BCUT2D eigenvalue weighted by Crippen LogP contribution is 2.31. The molecule has 192 valence electrons. The van der Waals surface area contributed by atoms with Crippen molar-refractivity contribution in [2.45, 2.75) is 38.4 Å². The van der Waals surface area contributed by atoms with Crippen LogP contribution in [0.4, 0.5) is 30.4 Å². The average Bonchev–Trinajstić information content (AvgIpc) is 3.54. The fourth-order valence-corrected chi connectivity index (χ4v) is 3.98. The molecule has 1 aliphatic carbocycles. The lowest BCUT2D eigenvalue weighted by Gasteiger charge is -2.14. The Morgan fingerprint density at radius 2 is 1.92 bits per heavy atom. The number of nitrogens with zero attached hydrogens (tertiary/aromatic N) is 3. The van der Waals surface area contributed by atoms with Crippen molar-refractivity contribution < 1.29 is 23.1 Å². The summed E-state index contributed by atoms with van der Waals surface area (Å²) in [4.78, 5) is 16.9. The van der Waals surface area contributed by atoms with E-state index in [4.69, 9.17) is 0 Å². The molecular weight excluding hydrogens is 485 g/mol. The van der Waals surface area contributed by atoms with Gasteiger partial charge in [0.1, 0.15) is 5.75 Å². The van der Waals surface area contributed by atoms with Crippen molar-refractivity contribution in [1.29, 1.82) is 0 Å². The molecule has 37 heavy (non-hydrogen) atoms. The van der Waals surface area contributed by atoms with Crippen molar-refractivity contribution in [3.63, 3.8) is 0 Å². The van der Waals surface area contributed by atoms with Crippen LogP contribution in [0.25, 0.3) is 16.9 Å². The Balaban J connectivity index is 1.52. The van der Waals surface area contributed by atoms with E-state index in [-0.39, 0.29) is 24.2 Å². The van der Waals surface area contributed by atoms with Gasteiger partial charge in [-0.2, -0.15) is 13.2 Å². The van der Waals surface area contributed by atoms with Gasteiger partial charge in [0.25, 0.3) is 5.91 Å². The van der Waals surface area contributed by atoms with Gasteiger partial charge in [0.2, 0.25) is 0 Å². The number of anilines is 3. The number of aryl methyl sites for hydroxylation is 1. The van der Waals surface area contributed by atoms with Crippen molar-refractivity contribution in [2.24, 2.45) is 0 Å². The second kappa shape index (κ2) is 9.64. The van der Waals surface area contributed by atoms with Crippen molar-refractivity contribution in [3.8, 4) is 17.0 Å². The van der Waals surface area contributed by atoms with Gasteiger partial charge in [-0.25, -0.2) is 9.50 Å². The zero-order chi connectivity index (χ0) is 26.2. The second-order valence-electron chi connectivity index (χ2n) is 9.03. The number of alkyl halides is 3. The molecule has 5 rings (SSSR count). The lowest BCUT2D eigenvalue weighted by molar-refractivity contribution is -0.131. The highest BCUT2D eigenvalue weighted by Gasteiger charge is 2.27. The summed E-state index contributed by atoms with van der Waals surface area (Å²) in [6, 6.07) is 13.7. The minimum Gasteiger partial charge on any atom is -0.506 e. The molecule has 4 aromatic rings. The lowest BCUT2D eigenvalue weighted by atomic mass is 10.0. The number of fused-ring (bicyclic) bond motifs is 1. The number of aromatic nitrogens is 3. The van der Waals surface area contributed by atoms with Crippen molar-refractivity contribution in [3.05, 3.63) is 65.9 Å². The second-order valence-corrected chi connectivity index (χ2v) is 9.03. The first kappa shape index (κ1) is 24.4. The molecule has 8 nitrogen and oxygen atoms in total. The van der Waals surface area contributed by atoms with Crippen LogP contribution in [0.1, 0.15) is 35.2 Å². The van der Waals surface area contributed by atoms with Gasteiger partial charge in [-0.05, 0) is 49.6 Å². The Labute approximate surface area is 210 Å². The number of hydrogen-bond donors (Lipinski definition) is 4. The molecule has 11 heteroatoms. The third kappa shape index (κ3) is 5.60. The van der Waals surface area contributed by atoms with Crippen LogP contribution in [0.5, 0.6) is 5.75 Å². The number of nitrogens with one attached hydrogen (secondary N) is 3. The Morgan fingerprint density at radius 1 is 1.14 bits per heavy atom. The molecule has 2 aromatic heterocycles. The summed E-state index contributed by atoms with van der Waals surface area (Å²) < 4.78 is 39.8. The maximum Gasteiger partial charge on any atom is 0.390 e. The number of carbonyl (C=O) groups is 1. The Morgan fingerprint density at radius 3 is 2.62 bits per heavy atom. The monoisotopic (exact) mass is 510 g/mol. The number of amides is 1. The highest BCUT2D eigenvalue weighted by atomic mass is 19.4. The number of carbonyl (C=O) groups excluding carboxylic acids is 1. The maximum absolute atomic E-state index is 12.8. The van der Waals surface area contributed by atoms with Crippen LogP contribution < -0.4 is 16.0 Å². The van der Waals surface area contributed by atoms with Gasteiger partial charge >= 0.3 is 6.18 Å². The molecule has 4 N–H and O–H groups in total. The zero-order valence-corrected chi connectivity index (χ0v) is 19.9. The van der Waals surface area contributed by atoms with Crippen LogP contribution in [0.2, 0.25) is 0 Å². The third-order valence-electron chi connectivity index (χ3n) is 6.04. The standard InChI is InChI=1S/C26H25F3N6O2/c1-15-12-16(6-9-18(15)25(37)32-17-7-8-17)21-14-31-24-20(30-11-10-26(27,28)29)13-23(34-35(21)24)33-19-4-2-3-5-22(19)36/h2-6,9,12-14,17,30,36H,7-8,10-11H2,1H3,(H,32,37)(H,33,34). The normalized spacial score (nSPS) is 13.5. The van der Waals surface area contributed by atoms with E-state index in [0.29, 0.717) is 34.1 Å². The maximum atomic E-state index is 12.8. The summed E-state index contributed by atoms with van der Waals surface area (Å²) in [6.45, 7) is 1.50. The van der Waals surface area contributed by atoms with Crippen molar-refractivity contribution in [2.75, 3.05) is 17.2 Å². The molecule has 0 spiro atoms. The van der Waals surface area contributed by atoms with Gasteiger partial charge in [0.15, 0.2) is 11.5 Å². The molecule has 0 saturated heterocycles. The van der Waals surface area contributed by atoms with E-state index in [1.807, 2.05) is 13.0 Å². The summed E-state index contributed by atoms with van der Waals surface area (Å²) in [5.41, 5.74) is 3.76. The largest absolute Gasteiger partial charge is 0.506 e. The SMILES string of the molecule is Cc1cc(-c2cnc3c(NCCC(F)(F)F)cc(Nc4ccccc4O)nn23)ccc1C(=O)NC1CC1. The Hall–Kier alpha value is -4.28. The molecule has 1 fully saturated rings. The number of aromatic hydroxyl groups is 1. The van der Waals surface area contributed by atoms with Crippen molar-refractivity contribution >= 4 is 28.7 Å². The van der Waals surface area contributed by atoms with E-state index in [1.165, 1.54) is 10.6 Å². The van der Waals surface area contributed by atoms with Crippen LogP contribution in [-0.4, -0.2) is 44.4 Å².